The fourth-order valence-electron chi connectivity index (χ4n) is 3.81. The highest BCUT2D eigenvalue weighted by atomic mass is 32.1. The number of nitrogens with one attached hydrogen (secondary N) is 1. The smallest absolute Gasteiger partial charge is 0.339 e. The van der Waals surface area contributed by atoms with Crippen molar-refractivity contribution in [2.75, 3.05) is 0 Å². The number of aromatic amines is 1. The highest BCUT2D eigenvalue weighted by molar-refractivity contribution is 7.17. The van der Waals surface area contributed by atoms with E-state index in [1.807, 2.05) is 0 Å². The van der Waals surface area contributed by atoms with Crippen molar-refractivity contribution in [2.45, 2.75) is 32.3 Å². The lowest BCUT2D eigenvalue weighted by molar-refractivity contribution is 0.0470. The van der Waals surface area contributed by atoms with Gasteiger partial charge in [-0.3, -0.25) is 14.0 Å². The Kier molecular flexibility index (Phi) is 4.28. The standard InChI is InChI=1S/C21H17N3O4S/c25-18-10-14(13-5-1-2-6-15(13)23-18)20(27)28-11-12-9-19(26)24-16-7-3-4-8-17(16)29-21(24)22-12/h1-2,5-6,9-10H,3-4,7-8,11H2,(H,23,25). The number of esters is 1. The largest absolute Gasteiger partial charge is 0.456 e. The number of ether oxygens (including phenoxy) is 1. The number of para-hydroxylation sites is 1. The van der Waals surface area contributed by atoms with Crippen LogP contribution in [0.4, 0.5) is 0 Å². The van der Waals surface area contributed by atoms with E-state index in [1.54, 1.807) is 28.7 Å². The molecule has 0 aliphatic heterocycles. The first kappa shape index (κ1) is 17.8. The summed E-state index contributed by atoms with van der Waals surface area (Å²) in [4.78, 5) is 46.1. The molecular formula is C21H17N3O4S. The molecule has 4 aromatic rings. The average Bonchev–Trinajstić information content (AvgIpc) is 3.10. The number of fused-ring (bicyclic) bond motifs is 4. The second-order valence-corrected chi connectivity index (χ2v) is 8.11. The van der Waals surface area contributed by atoms with Gasteiger partial charge >= 0.3 is 5.97 Å². The van der Waals surface area contributed by atoms with Crippen molar-refractivity contribution < 1.29 is 9.53 Å². The third kappa shape index (κ3) is 3.15. The predicted molar refractivity (Wildman–Crippen MR) is 110 cm³/mol. The molecule has 0 atom stereocenters. The Labute approximate surface area is 168 Å². The van der Waals surface area contributed by atoms with Crippen molar-refractivity contribution in [2.24, 2.45) is 0 Å². The van der Waals surface area contributed by atoms with Gasteiger partial charge in [0, 0.05) is 33.6 Å². The number of benzene rings is 1. The van der Waals surface area contributed by atoms with Gasteiger partial charge in [0.25, 0.3) is 5.56 Å². The summed E-state index contributed by atoms with van der Waals surface area (Å²) in [6, 6.07) is 9.67. The summed E-state index contributed by atoms with van der Waals surface area (Å²) in [6.45, 7) is -0.131. The number of nitrogens with zero attached hydrogens (tertiary/aromatic N) is 2. The third-order valence-electron chi connectivity index (χ3n) is 5.14. The molecule has 0 saturated carbocycles. The Morgan fingerprint density at radius 2 is 2.00 bits per heavy atom. The number of thiazole rings is 1. The van der Waals surface area contributed by atoms with Gasteiger partial charge in [-0.1, -0.05) is 18.2 Å². The zero-order valence-corrected chi connectivity index (χ0v) is 16.3. The number of hydrogen-bond acceptors (Lipinski definition) is 6. The molecule has 0 radical (unpaired) electrons. The van der Waals surface area contributed by atoms with E-state index in [-0.39, 0.29) is 23.3 Å². The van der Waals surface area contributed by atoms with Crippen molar-refractivity contribution >= 4 is 33.2 Å². The molecule has 0 unspecified atom stereocenters. The molecule has 1 aliphatic rings. The lowest BCUT2D eigenvalue weighted by Crippen LogP contribution is -2.19. The molecule has 7 nitrogen and oxygen atoms in total. The van der Waals surface area contributed by atoms with Gasteiger partial charge in [-0.25, -0.2) is 9.78 Å². The predicted octanol–water partition coefficient (Wildman–Crippen LogP) is 2.83. The normalized spacial score (nSPS) is 13.5. The van der Waals surface area contributed by atoms with Crippen LogP contribution < -0.4 is 11.1 Å². The van der Waals surface area contributed by atoms with E-state index in [1.165, 1.54) is 28.3 Å². The molecule has 0 saturated heterocycles. The van der Waals surface area contributed by atoms with Gasteiger partial charge in [-0.15, -0.1) is 11.3 Å². The summed E-state index contributed by atoms with van der Waals surface area (Å²) >= 11 is 1.53. The molecule has 0 fully saturated rings. The number of aryl methyl sites for hydroxylation is 2. The number of carbonyl (C=O) groups is 1. The lowest BCUT2D eigenvalue weighted by Gasteiger charge is -2.10. The Morgan fingerprint density at radius 3 is 2.90 bits per heavy atom. The van der Waals surface area contributed by atoms with Gasteiger partial charge in [0.15, 0.2) is 4.96 Å². The van der Waals surface area contributed by atoms with Gasteiger partial charge in [-0.2, -0.15) is 0 Å². The average molecular weight is 407 g/mol. The van der Waals surface area contributed by atoms with Crippen LogP contribution in [0.2, 0.25) is 0 Å². The second-order valence-electron chi connectivity index (χ2n) is 7.05. The van der Waals surface area contributed by atoms with E-state index < -0.39 is 5.97 Å². The van der Waals surface area contributed by atoms with Crippen LogP contribution in [-0.4, -0.2) is 20.3 Å². The minimum Gasteiger partial charge on any atom is -0.456 e. The number of rotatable bonds is 3. The van der Waals surface area contributed by atoms with Crippen molar-refractivity contribution in [3.05, 3.63) is 78.9 Å². The summed E-state index contributed by atoms with van der Waals surface area (Å²) in [7, 11) is 0. The molecule has 3 heterocycles. The zero-order chi connectivity index (χ0) is 20.0. The minimum absolute atomic E-state index is 0.131. The maximum atomic E-state index is 12.6. The lowest BCUT2D eigenvalue weighted by atomic mass is 10.0. The molecular weight excluding hydrogens is 390 g/mol. The van der Waals surface area contributed by atoms with E-state index in [0.29, 0.717) is 21.6 Å². The maximum absolute atomic E-state index is 12.6. The number of hydrogen-bond donors (Lipinski definition) is 1. The van der Waals surface area contributed by atoms with E-state index in [9.17, 15) is 14.4 Å². The van der Waals surface area contributed by atoms with Gasteiger partial charge in [0.1, 0.15) is 6.61 Å². The molecule has 0 amide bonds. The minimum atomic E-state index is -0.625. The van der Waals surface area contributed by atoms with Gasteiger partial charge in [0.2, 0.25) is 5.56 Å². The molecule has 146 valence electrons. The van der Waals surface area contributed by atoms with Crippen LogP contribution in [0, 0.1) is 0 Å². The highest BCUT2D eigenvalue weighted by Gasteiger charge is 2.19. The molecule has 0 spiro atoms. The fraction of sp³-hybridized carbons (Fsp3) is 0.238. The van der Waals surface area contributed by atoms with E-state index >= 15 is 0 Å². The monoisotopic (exact) mass is 407 g/mol. The number of carbonyl (C=O) groups excluding carboxylic acids is 1. The molecule has 3 aromatic heterocycles. The van der Waals surface area contributed by atoms with Crippen molar-refractivity contribution in [1.29, 1.82) is 0 Å². The first-order valence-corrected chi connectivity index (χ1v) is 10.2. The van der Waals surface area contributed by atoms with Crippen LogP contribution in [0.3, 0.4) is 0 Å². The molecule has 29 heavy (non-hydrogen) atoms. The van der Waals surface area contributed by atoms with Crippen molar-refractivity contribution in [3.63, 3.8) is 0 Å². The van der Waals surface area contributed by atoms with E-state index in [4.69, 9.17) is 4.74 Å². The molecule has 1 N–H and O–H groups in total. The fourth-order valence-corrected chi connectivity index (χ4v) is 5.04. The van der Waals surface area contributed by atoms with Gasteiger partial charge in [0.05, 0.1) is 11.3 Å². The summed E-state index contributed by atoms with van der Waals surface area (Å²) in [6.07, 6.45) is 4.07. The van der Waals surface area contributed by atoms with Crippen LogP contribution in [-0.2, 0) is 24.2 Å². The summed E-state index contributed by atoms with van der Waals surface area (Å²) in [5.41, 5.74) is 1.69. The topological polar surface area (TPSA) is 93.5 Å². The summed E-state index contributed by atoms with van der Waals surface area (Å²) < 4.78 is 7.06. The van der Waals surface area contributed by atoms with E-state index in [0.717, 1.165) is 31.4 Å². The highest BCUT2D eigenvalue weighted by Crippen LogP contribution is 2.28. The van der Waals surface area contributed by atoms with Crippen LogP contribution in [0.15, 0.2) is 46.0 Å². The van der Waals surface area contributed by atoms with Crippen LogP contribution in [0.25, 0.3) is 15.9 Å². The summed E-state index contributed by atoms with van der Waals surface area (Å²) in [5, 5.41) is 0.603. The van der Waals surface area contributed by atoms with Crippen molar-refractivity contribution in [1.82, 2.24) is 14.4 Å². The van der Waals surface area contributed by atoms with Crippen molar-refractivity contribution in [3.8, 4) is 0 Å². The van der Waals surface area contributed by atoms with Crippen LogP contribution in [0.1, 0.15) is 39.5 Å². The quantitative estimate of drug-likeness (QED) is 0.527. The maximum Gasteiger partial charge on any atom is 0.339 e. The number of aromatic nitrogens is 3. The molecule has 5 rings (SSSR count). The first-order valence-electron chi connectivity index (χ1n) is 9.42. The first-order chi connectivity index (χ1) is 14.1. The van der Waals surface area contributed by atoms with Crippen LogP contribution in [0.5, 0.6) is 0 Å². The number of pyridine rings is 1. The van der Waals surface area contributed by atoms with E-state index in [2.05, 4.69) is 9.97 Å². The molecule has 8 heteroatoms. The molecule has 0 bridgehead atoms. The SMILES string of the molecule is O=C(OCc1cc(=O)n2c3c(sc2n1)CCCC3)c1cc(=O)[nH]c2ccccc12. The van der Waals surface area contributed by atoms with Gasteiger partial charge in [-0.05, 0) is 31.7 Å². The molecule has 1 aliphatic carbocycles. The number of H-pyrrole nitrogens is 1. The Bertz CT molecular complexity index is 1380. The zero-order valence-electron chi connectivity index (χ0n) is 15.4. The summed E-state index contributed by atoms with van der Waals surface area (Å²) in [5.74, 6) is -0.625. The Hall–Kier alpha value is -3.26. The Balaban J connectivity index is 1.45. The second kappa shape index (κ2) is 6.97. The Morgan fingerprint density at radius 1 is 1.17 bits per heavy atom. The van der Waals surface area contributed by atoms with Gasteiger partial charge < -0.3 is 9.72 Å². The molecule has 1 aromatic carbocycles. The third-order valence-corrected chi connectivity index (χ3v) is 6.28. The van der Waals surface area contributed by atoms with Crippen LogP contribution >= 0.6 is 11.3 Å².